The van der Waals surface area contributed by atoms with Gasteiger partial charge in [0.2, 0.25) is 10.0 Å². The zero-order valence-electron chi connectivity index (χ0n) is 14.6. The van der Waals surface area contributed by atoms with Crippen molar-refractivity contribution in [1.29, 1.82) is 0 Å². The van der Waals surface area contributed by atoms with Crippen LogP contribution in [0.25, 0.3) is 0 Å². The van der Waals surface area contributed by atoms with Crippen LogP contribution in [0.5, 0.6) is 0 Å². The van der Waals surface area contributed by atoms with Crippen molar-refractivity contribution >= 4 is 21.9 Å². The van der Waals surface area contributed by atoms with Gasteiger partial charge in [-0.3, -0.25) is 4.79 Å². The van der Waals surface area contributed by atoms with E-state index in [1.54, 1.807) is 12.1 Å². The molecule has 0 aliphatic heterocycles. The largest absolute Gasteiger partial charge is 0.467 e. The maximum absolute atomic E-state index is 12.1. The van der Waals surface area contributed by atoms with Gasteiger partial charge < -0.3 is 14.5 Å². The average Bonchev–Trinajstić information content (AvgIpc) is 3.13. The van der Waals surface area contributed by atoms with Crippen LogP contribution >= 0.6 is 0 Å². The third-order valence-corrected chi connectivity index (χ3v) is 5.37. The van der Waals surface area contributed by atoms with E-state index in [0.717, 1.165) is 4.31 Å². The molecule has 1 aromatic carbocycles. The van der Waals surface area contributed by atoms with Gasteiger partial charge >= 0.3 is 5.97 Å². The number of amides is 1. The van der Waals surface area contributed by atoms with Crippen molar-refractivity contribution in [2.45, 2.75) is 24.5 Å². The molecule has 1 amide bonds. The number of furan rings is 1. The van der Waals surface area contributed by atoms with Crippen molar-refractivity contribution in [2.75, 3.05) is 14.1 Å². The molecule has 1 N–H and O–H groups in total. The number of esters is 1. The molecule has 140 valence electrons. The fourth-order valence-electron chi connectivity index (χ4n) is 1.99. The van der Waals surface area contributed by atoms with Crippen LogP contribution in [0, 0.1) is 0 Å². The van der Waals surface area contributed by atoms with E-state index in [2.05, 4.69) is 5.32 Å². The summed E-state index contributed by atoms with van der Waals surface area (Å²) in [5.41, 5.74) is 0.147. The Labute approximate surface area is 151 Å². The number of carbonyl (C=O) groups is 2. The van der Waals surface area contributed by atoms with E-state index in [-0.39, 0.29) is 17.0 Å². The Morgan fingerprint density at radius 3 is 2.38 bits per heavy atom. The highest BCUT2D eigenvalue weighted by Gasteiger charge is 2.21. The SMILES string of the molecule is C[C@@H](OC(=O)c1ccc(S(=O)(=O)N(C)C)cc1)C(=O)NCc1ccco1. The van der Waals surface area contributed by atoms with Crippen LogP contribution in [-0.4, -0.2) is 44.8 Å². The molecule has 0 saturated heterocycles. The minimum Gasteiger partial charge on any atom is -0.467 e. The van der Waals surface area contributed by atoms with E-state index >= 15 is 0 Å². The predicted molar refractivity (Wildman–Crippen MR) is 92.7 cm³/mol. The molecule has 0 bridgehead atoms. The normalized spacial score (nSPS) is 12.6. The van der Waals surface area contributed by atoms with Crippen molar-refractivity contribution in [3.8, 4) is 0 Å². The molecule has 9 heteroatoms. The molecule has 0 spiro atoms. The summed E-state index contributed by atoms with van der Waals surface area (Å²) in [6, 6.07) is 8.71. The lowest BCUT2D eigenvalue weighted by Gasteiger charge is -2.14. The number of hydrogen-bond donors (Lipinski definition) is 1. The molecule has 8 nitrogen and oxygen atoms in total. The predicted octanol–water partition coefficient (Wildman–Crippen LogP) is 1.39. The summed E-state index contributed by atoms with van der Waals surface area (Å²) in [4.78, 5) is 24.1. The first-order chi connectivity index (χ1) is 12.2. The minimum atomic E-state index is -3.58. The number of carbonyl (C=O) groups excluding carboxylic acids is 2. The van der Waals surface area contributed by atoms with E-state index in [9.17, 15) is 18.0 Å². The van der Waals surface area contributed by atoms with Gasteiger partial charge in [-0.15, -0.1) is 0 Å². The second-order valence-electron chi connectivity index (χ2n) is 5.66. The molecular formula is C17H20N2O6S. The number of nitrogens with one attached hydrogen (secondary N) is 1. The first-order valence-corrected chi connectivity index (χ1v) is 9.19. The lowest BCUT2D eigenvalue weighted by atomic mass is 10.2. The number of ether oxygens (including phenoxy) is 1. The van der Waals surface area contributed by atoms with Gasteiger partial charge in [0, 0.05) is 14.1 Å². The number of hydrogen-bond acceptors (Lipinski definition) is 6. The van der Waals surface area contributed by atoms with Crippen molar-refractivity contribution in [3.63, 3.8) is 0 Å². The topological polar surface area (TPSA) is 106 Å². The molecule has 1 aromatic heterocycles. The molecule has 1 heterocycles. The summed E-state index contributed by atoms with van der Waals surface area (Å²) < 4.78 is 35.3. The second kappa shape index (κ2) is 8.15. The van der Waals surface area contributed by atoms with E-state index in [4.69, 9.17) is 9.15 Å². The minimum absolute atomic E-state index is 0.0586. The number of sulfonamides is 1. The maximum Gasteiger partial charge on any atom is 0.338 e. The second-order valence-corrected chi connectivity index (χ2v) is 7.81. The van der Waals surface area contributed by atoms with Gasteiger partial charge in [-0.1, -0.05) is 0 Å². The molecule has 2 rings (SSSR count). The van der Waals surface area contributed by atoms with Crippen molar-refractivity contribution < 1.29 is 27.2 Å². The Morgan fingerprint density at radius 2 is 1.85 bits per heavy atom. The van der Waals surface area contributed by atoms with Crippen LogP contribution in [0.1, 0.15) is 23.0 Å². The Bertz CT molecular complexity index is 857. The molecule has 2 aromatic rings. The molecule has 0 saturated carbocycles. The zero-order valence-corrected chi connectivity index (χ0v) is 15.4. The average molecular weight is 380 g/mol. The molecule has 1 atom stereocenters. The molecule has 0 radical (unpaired) electrons. The molecule has 0 unspecified atom stereocenters. The van der Waals surface area contributed by atoms with Crippen LogP contribution in [0.2, 0.25) is 0 Å². The summed E-state index contributed by atoms with van der Waals surface area (Å²) in [6.45, 7) is 1.63. The Hall–Kier alpha value is -2.65. The van der Waals surface area contributed by atoms with E-state index in [1.807, 2.05) is 0 Å². The third kappa shape index (κ3) is 4.70. The zero-order chi connectivity index (χ0) is 19.3. The third-order valence-electron chi connectivity index (χ3n) is 3.54. The molecule has 0 aliphatic rings. The molecule has 0 aliphatic carbocycles. The van der Waals surface area contributed by atoms with Crippen molar-refractivity contribution in [3.05, 3.63) is 54.0 Å². The summed E-state index contributed by atoms with van der Waals surface area (Å²) >= 11 is 0. The highest BCUT2D eigenvalue weighted by molar-refractivity contribution is 7.89. The maximum atomic E-state index is 12.1. The monoisotopic (exact) mass is 380 g/mol. The lowest BCUT2D eigenvalue weighted by molar-refractivity contribution is -0.129. The van der Waals surface area contributed by atoms with Crippen LogP contribution < -0.4 is 5.32 Å². The quantitative estimate of drug-likeness (QED) is 0.728. The van der Waals surface area contributed by atoms with E-state index < -0.39 is 28.0 Å². The molecule has 0 fully saturated rings. The smallest absolute Gasteiger partial charge is 0.338 e. The Balaban J connectivity index is 1.95. The van der Waals surface area contributed by atoms with E-state index in [0.29, 0.717) is 5.76 Å². The van der Waals surface area contributed by atoms with Crippen LogP contribution in [-0.2, 0) is 26.1 Å². The van der Waals surface area contributed by atoms with Crippen molar-refractivity contribution in [1.82, 2.24) is 9.62 Å². The van der Waals surface area contributed by atoms with E-state index in [1.165, 1.54) is 51.5 Å². The lowest BCUT2D eigenvalue weighted by Crippen LogP contribution is -2.35. The number of benzene rings is 1. The van der Waals surface area contributed by atoms with Crippen LogP contribution in [0.15, 0.2) is 52.0 Å². The molecular weight excluding hydrogens is 360 g/mol. The first-order valence-electron chi connectivity index (χ1n) is 7.75. The summed E-state index contributed by atoms with van der Waals surface area (Å²) in [7, 11) is -0.742. The van der Waals surface area contributed by atoms with Crippen molar-refractivity contribution in [2.24, 2.45) is 0 Å². The fraction of sp³-hybridized carbons (Fsp3) is 0.294. The highest BCUT2D eigenvalue weighted by Crippen LogP contribution is 2.15. The van der Waals surface area contributed by atoms with Crippen LogP contribution in [0.3, 0.4) is 0 Å². The summed E-state index contributed by atoms with van der Waals surface area (Å²) in [5, 5.41) is 2.59. The Morgan fingerprint density at radius 1 is 1.19 bits per heavy atom. The van der Waals surface area contributed by atoms with Gasteiger partial charge in [-0.2, -0.15) is 0 Å². The van der Waals surface area contributed by atoms with Gasteiger partial charge in [-0.25, -0.2) is 17.5 Å². The first kappa shape index (κ1) is 19.7. The van der Waals surface area contributed by atoms with Gasteiger partial charge in [0.05, 0.1) is 23.3 Å². The van der Waals surface area contributed by atoms with Gasteiger partial charge in [-0.05, 0) is 43.3 Å². The summed E-state index contributed by atoms with van der Waals surface area (Å²) in [5.74, 6) is -0.615. The fourth-order valence-corrected chi connectivity index (χ4v) is 2.89. The molecule has 26 heavy (non-hydrogen) atoms. The van der Waals surface area contributed by atoms with Gasteiger partial charge in [0.15, 0.2) is 6.10 Å². The standard InChI is InChI=1S/C17H20N2O6S/c1-12(16(20)18-11-14-5-4-10-24-14)25-17(21)13-6-8-15(9-7-13)26(22,23)19(2)3/h4-10,12H,11H2,1-3H3,(H,18,20)/t12-/m1/s1. The van der Waals surface area contributed by atoms with Crippen LogP contribution in [0.4, 0.5) is 0 Å². The highest BCUT2D eigenvalue weighted by atomic mass is 32.2. The number of nitrogens with zero attached hydrogens (tertiary/aromatic N) is 1. The summed E-state index contributed by atoms with van der Waals surface area (Å²) in [6.07, 6.45) is 0.480. The Kier molecular flexibility index (Phi) is 6.17. The van der Waals surface area contributed by atoms with Gasteiger partial charge in [0.25, 0.3) is 5.91 Å². The van der Waals surface area contributed by atoms with Gasteiger partial charge in [0.1, 0.15) is 5.76 Å². The number of rotatable bonds is 7.